The van der Waals surface area contributed by atoms with Crippen LogP contribution in [0.3, 0.4) is 0 Å². The van der Waals surface area contributed by atoms with Crippen LogP contribution in [0.1, 0.15) is 35.6 Å². The molecule has 222 valence electrons. The number of hydrogen-bond donors (Lipinski definition) is 2. The molecule has 1 saturated carbocycles. The van der Waals surface area contributed by atoms with Crippen LogP contribution in [0.15, 0.2) is 88.9 Å². The van der Waals surface area contributed by atoms with Crippen LogP contribution in [0, 0.1) is 5.82 Å². The number of thioether (sulfide) groups is 1. The molecule has 0 spiro atoms. The zero-order valence-corrected chi connectivity index (χ0v) is 25.1. The zero-order chi connectivity index (χ0) is 30.9. The van der Waals surface area contributed by atoms with Gasteiger partial charge in [0, 0.05) is 29.0 Å². The predicted molar refractivity (Wildman–Crippen MR) is 165 cm³/mol. The number of carboxylic acid groups (broad SMARTS) is 1. The molecule has 4 aromatic rings. The summed E-state index contributed by atoms with van der Waals surface area (Å²) in [5, 5.41) is 20.0. The maximum absolute atomic E-state index is 15.2. The fraction of sp³-hybridized carbons (Fsp3) is 0.194. The van der Waals surface area contributed by atoms with Gasteiger partial charge in [-0.1, -0.05) is 42.6 Å². The Balaban J connectivity index is 1.71. The number of nitrogens with two attached hydrogens (primary N) is 1. The maximum Gasteiger partial charge on any atom is 0.353 e. The Bertz CT molecular complexity index is 1860. The van der Waals surface area contributed by atoms with Crippen LogP contribution in [0.5, 0.6) is 5.75 Å². The molecular formula is C31H29FN4O5S2. The molecular weight excluding hydrogens is 591 g/mol. The summed E-state index contributed by atoms with van der Waals surface area (Å²) >= 11 is 1.23. The monoisotopic (exact) mass is 620 g/mol. The highest BCUT2D eigenvalue weighted by Gasteiger charge is 2.34. The third-order valence-corrected chi connectivity index (χ3v) is 8.64. The summed E-state index contributed by atoms with van der Waals surface area (Å²) < 4.78 is 45.8. The highest BCUT2D eigenvalue weighted by molar-refractivity contribution is 8.13. The fourth-order valence-electron chi connectivity index (χ4n) is 4.82. The normalized spacial score (nSPS) is 13.6. The van der Waals surface area contributed by atoms with Crippen molar-refractivity contribution in [1.29, 1.82) is 0 Å². The first kappa shape index (κ1) is 30.2. The minimum Gasteiger partial charge on any atom is -0.497 e. The highest BCUT2D eigenvalue weighted by atomic mass is 32.2. The molecule has 43 heavy (non-hydrogen) atoms. The van der Waals surface area contributed by atoms with Gasteiger partial charge in [0.15, 0.2) is 5.17 Å². The van der Waals surface area contributed by atoms with Gasteiger partial charge in [-0.3, -0.25) is 0 Å². The Morgan fingerprint density at radius 2 is 1.88 bits per heavy atom. The molecule has 0 bridgehead atoms. The van der Waals surface area contributed by atoms with Gasteiger partial charge in [-0.15, -0.1) is 0 Å². The lowest BCUT2D eigenvalue weighted by molar-refractivity contribution is -0.132. The summed E-state index contributed by atoms with van der Waals surface area (Å²) in [5.41, 5.74) is 4.40. The number of hydrogen-bond acceptors (Lipinski definition) is 7. The second kappa shape index (κ2) is 12.2. The van der Waals surface area contributed by atoms with Crippen molar-refractivity contribution in [2.24, 2.45) is 10.1 Å². The van der Waals surface area contributed by atoms with E-state index in [0.717, 1.165) is 29.7 Å². The number of rotatable bonds is 9. The Morgan fingerprint density at radius 1 is 1.16 bits per heavy atom. The number of aliphatic carboxylic acids is 1. The number of methoxy groups -OCH3 is 1. The van der Waals surface area contributed by atoms with E-state index in [9.17, 15) is 18.3 Å². The molecule has 0 atom stereocenters. The molecule has 1 fully saturated rings. The lowest BCUT2D eigenvalue weighted by Gasteiger charge is -2.11. The summed E-state index contributed by atoms with van der Waals surface area (Å²) in [4.78, 5) is 15.8. The van der Waals surface area contributed by atoms with Gasteiger partial charge in [0.25, 0.3) is 0 Å². The summed E-state index contributed by atoms with van der Waals surface area (Å²) in [5.74, 6) is -0.925. The largest absolute Gasteiger partial charge is 0.497 e. The van der Waals surface area contributed by atoms with Crippen molar-refractivity contribution in [3.63, 3.8) is 0 Å². The van der Waals surface area contributed by atoms with Gasteiger partial charge in [-0.25, -0.2) is 32.4 Å². The van der Waals surface area contributed by atoms with Gasteiger partial charge in [0.05, 0.1) is 23.4 Å². The fourth-order valence-corrected chi connectivity index (χ4v) is 5.85. The van der Waals surface area contributed by atoms with E-state index < -0.39 is 21.8 Å². The lowest BCUT2D eigenvalue weighted by Crippen LogP contribution is -2.15. The van der Waals surface area contributed by atoms with Gasteiger partial charge < -0.3 is 9.84 Å². The molecule has 3 N–H and O–H groups in total. The van der Waals surface area contributed by atoms with Crippen LogP contribution in [-0.2, 0) is 21.2 Å². The third kappa shape index (κ3) is 6.56. The van der Waals surface area contributed by atoms with Crippen LogP contribution < -0.4 is 9.88 Å². The van der Waals surface area contributed by atoms with E-state index in [1.165, 1.54) is 30.0 Å². The first-order chi connectivity index (χ1) is 20.5. The molecule has 0 aliphatic heterocycles. The summed E-state index contributed by atoms with van der Waals surface area (Å²) in [6.07, 6.45) is 3.96. The third-order valence-electron chi connectivity index (χ3n) is 7.08. The van der Waals surface area contributed by atoms with Crippen LogP contribution >= 0.6 is 11.8 Å². The molecule has 9 nitrogen and oxygen atoms in total. The van der Waals surface area contributed by atoms with Gasteiger partial charge in [-0.05, 0) is 72.7 Å². The number of sulfonamides is 1. The Hall–Kier alpha value is -4.26. The number of carboxylic acids is 1. The van der Waals surface area contributed by atoms with Crippen molar-refractivity contribution >= 4 is 32.9 Å². The minimum absolute atomic E-state index is 0.0000336. The molecule has 1 aromatic heterocycles. The molecule has 1 aliphatic rings. The molecule has 3 aromatic carbocycles. The predicted octanol–water partition coefficient (Wildman–Crippen LogP) is 5.65. The van der Waals surface area contributed by atoms with Crippen molar-refractivity contribution in [2.75, 3.05) is 13.4 Å². The topological polar surface area (TPSA) is 137 Å². The van der Waals surface area contributed by atoms with E-state index in [1.54, 1.807) is 66.6 Å². The Morgan fingerprint density at radius 3 is 2.49 bits per heavy atom. The van der Waals surface area contributed by atoms with Crippen LogP contribution in [0.25, 0.3) is 22.4 Å². The number of primary sulfonamides is 1. The van der Waals surface area contributed by atoms with Crippen molar-refractivity contribution in [3.8, 4) is 28.1 Å². The van der Waals surface area contributed by atoms with Gasteiger partial charge in [-0.2, -0.15) is 5.10 Å². The second-order valence-corrected chi connectivity index (χ2v) is 12.4. The van der Waals surface area contributed by atoms with Crippen LogP contribution in [0.4, 0.5) is 4.39 Å². The van der Waals surface area contributed by atoms with Crippen molar-refractivity contribution < 1.29 is 27.4 Å². The number of carbonyl (C=O) groups is 1. The van der Waals surface area contributed by atoms with Gasteiger partial charge in [0.1, 0.15) is 17.3 Å². The smallest absolute Gasteiger partial charge is 0.353 e. The molecule has 12 heteroatoms. The zero-order valence-electron chi connectivity index (χ0n) is 23.5. The number of nitrogens with zero attached hydrogens (tertiary/aromatic N) is 3. The van der Waals surface area contributed by atoms with Gasteiger partial charge >= 0.3 is 5.97 Å². The van der Waals surface area contributed by atoms with Crippen molar-refractivity contribution in [2.45, 2.75) is 30.1 Å². The highest BCUT2D eigenvalue weighted by Crippen LogP contribution is 2.45. The van der Waals surface area contributed by atoms with Crippen molar-refractivity contribution in [3.05, 3.63) is 102 Å². The van der Waals surface area contributed by atoms with E-state index >= 15 is 4.39 Å². The first-order valence-electron chi connectivity index (χ1n) is 13.2. The average molecular weight is 621 g/mol. The van der Waals surface area contributed by atoms with E-state index in [4.69, 9.17) is 15.0 Å². The summed E-state index contributed by atoms with van der Waals surface area (Å²) in [6.45, 7) is 3.56. The van der Waals surface area contributed by atoms with Crippen molar-refractivity contribution in [1.82, 2.24) is 9.78 Å². The van der Waals surface area contributed by atoms with Gasteiger partial charge in [0.2, 0.25) is 10.0 Å². The quantitative estimate of drug-likeness (QED) is 0.140. The number of aliphatic imine (C=N–C) groups is 1. The van der Waals surface area contributed by atoms with E-state index in [-0.39, 0.29) is 16.5 Å². The lowest BCUT2D eigenvalue weighted by atomic mass is 9.95. The second-order valence-electron chi connectivity index (χ2n) is 10.0. The number of ether oxygens (including phenoxy) is 1. The van der Waals surface area contributed by atoms with E-state index in [1.807, 2.05) is 0 Å². The van der Waals surface area contributed by atoms with Crippen LogP contribution in [0.2, 0.25) is 0 Å². The van der Waals surface area contributed by atoms with E-state index in [2.05, 4.69) is 11.6 Å². The maximum atomic E-state index is 15.2. The molecule has 0 unspecified atom stereocenters. The Kier molecular flexibility index (Phi) is 8.54. The molecule has 0 radical (unpaired) electrons. The van der Waals surface area contributed by atoms with Crippen LogP contribution in [-0.4, -0.2) is 47.8 Å². The number of benzene rings is 3. The molecule has 1 aliphatic carbocycles. The average Bonchev–Trinajstić information content (AvgIpc) is 3.76. The molecule has 1 heterocycles. The number of aromatic nitrogens is 2. The summed E-state index contributed by atoms with van der Waals surface area (Å²) in [7, 11) is -2.31. The number of halogens is 1. The van der Waals surface area contributed by atoms with E-state index in [0.29, 0.717) is 39.7 Å². The minimum atomic E-state index is -3.86. The first-order valence-corrected chi connectivity index (χ1v) is 16.0. The summed E-state index contributed by atoms with van der Waals surface area (Å²) in [6, 6.07) is 18.2. The molecule has 0 amide bonds. The molecule has 0 saturated heterocycles. The standard InChI is InChI=1S/C31H29FN4O5S2/c1-18(30(37)38)34-31(42-3)36-29(20-9-10-20)26(15-19-7-12-24(13-8-19)43(33,39)40)28(35-36)22-11-14-27(32)25(17-22)21-5-4-6-23(16-21)41-2/h4-8,11-14,16-17,20H,1,9-10,15H2,2-3H3,(H,37,38)(H2,33,39,40). The molecule has 5 rings (SSSR count). The SMILES string of the molecule is C=C(N=C(SC)n1nc(-c2ccc(F)c(-c3cccc(OC)c3)c2)c(Cc2ccc(S(N)(=O)=O)cc2)c1C1CC1)C(=O)O. The Labute approximate surface area is 253 Å².